The molecule has 2 atom stereocenters. The Morgan fingerprint density at radius 1 is 1.18 bits per heavy atom. The zero-order valence-electron chi connectivity index (χ0n) is 12.6. The van der Waals surface area contributed by atoms with Crippen molar-refractivity contribution in [1.29, 1.82) is 0 Å². The Labute approximate surface area is 131 Å². The molecule has 8 heteroatoms. The second-order valence-corrected chi connectivity index (χ2v) is 9.46. The third kappa shape index (κ3) is 3.34. The number of hydrogen-bond donors (Lipinski definition) is 1. The van der Waals surface area contributed by atoms with Crippen LogP contribution in [0.3, 0.4) is 0 Å². The number of aryl methyl sites for hydroxylation is 1. The lowest BCUT2D eigenvalue weighted by Crippen LogP contribution is -2.46. The van der Waals surface area contributed by atoms with Gasteiger partial charge in [0.2, 0.25) is 10.0 Å². The summed E-state index contributed by atoms with van der Waals surface area (Å²) in [6.45, 7) is 3.71. The summed E-state index contributed by atoms with van der Waals surface area (Å²) >= 11 is 0. The molecule has 0 amide bonds. The third-order valence-electron chi connectivity index (χ3n) is 3.91. The first kappa shape index (κ1) is 17.4. The number of sulfonamides is 1. The standard InChI is InChI=1S/C14H21NO5S2/c1-3-11-5-7-12(8-6-11)22(19,20)15(4-2)13-9-21(17,18)10-14(13)16/h5-8,13-14,16H,3-4,9-10H2,1-2H3/t13-,14-/m0/s1. The molecule has 0 bridgehead atoms. The van der Waals surface area contributed by atoms with Gasteiger partial charge in [-0.2, -0.15) is 4.31 Å². The van der Waals surface area contributed by atoms with Crippen molar-refractivity contribution < 1.29 is 21.9 Å². The fraction of sp³-hybridized carbons (Fsp3) is 0.571. The second-order valence-electron chi connectivity index (χ2n) is 5.42. The highest BCUT2D eigenvalue weighted by atomic mass is 32.2. The average Bonchev–Trinajstić information content (AvgIpc) is 2.72. The van der Waals surface area contributed by atoms with Crippen LogP contribution in [0.4, 0.5) is 0 Å². The van der Waals surface area contributed by atoms with Crippen molar-refractivity contribution in [2.75, 3.05) is 18.1 Å². The predicted octanol–water partition coefficient (Wildman–Crippen LogP) is 0.418. The maximum Gasteiger partial charge on any atom is 0.243 e. The molecule has 1 fully saturated rings. The number of sulfone groups is 1. The number of benzene rings is 1. The highest BCUT2D eigenvalue weighted by Crippen LogP contribution is 2.25. The number of nitrogens with zero attached hydrogens (tertiary/aromatic N) is 1. The molecule has 0 saturated carbocycles. The van der Waals surface area contributed by atoms with Crippen molar-refractivity contribution in [3.63, 3.8) is 0 Å². The molecular formula is C14H21NO5S2. The Bertz CT molecular complexity index is 725. The van der Waals surface area contributed by atoms with Gasteiger partial charge in [0.15, 0.2) is 9.84 Å². The van der Waals surface area contributed by atoms with Crippen LogP contribution in [0.2, 0.25) is 0 Å². The summed E-state index contributed by atoms with van der Waals surface area (Å²) in [4.78, 5) is 0.114. The van der Waals surface area contributed by atoms with E-state index >= 15 is 0 Å². The van der Waals surface area contributed by atoms with Crippen molar-refractivity contribution in [3.05, 3.63) is 29.8 Å². The Balaban J connectivity index is 2.36. The highest BCUT2D eigenvalue weighted by molar-refractivity contribution is 7.92. The first-order valence-corrected chi connectivity index (χ1v) is 10.5. The van der Waals surface area contributed by atoms with E-state index in [1.807, 2.05) is 6.92 Å². The number of hydrogen-bond acceptors (Lipinski definition) is 5. The van der Waals surface area contributed by atoms with Gasteiger partial charge in [0.25, 0.3) is 0 Å². The Kier molecular flexibility index (Phi) is 4.96. The maximum absolute atomic E-state index is 12.7. The number of aliphatic hydroxyl groups is 1. The summed E-state index contributed by atoms with van der Waals surface area (Å²) < 4.78 is 49.8. The zero-order chi connectivity index (χ0) is 16.5. The SMILES string of the molecule is CCc1ccc(S(=O)(=O)N(CC)[C@H]2CS(=O)(=O)C[C@@H]2O)cc1. The van der Waals surface area contributed by atoms with E-state index in [-0.39, 0.29) is 17.2 Å². The van der Waals surface area contributed by atoms with Crippen LogP contribution < -0.4 is 0 Å². The van der Waals surface area contributed by atoms with Gasteiger partial charge in [0.1, 0.15) is 0 Å². The summed E-state index contributed by atoms with van der Waals surface area (Å²) in [6.07, 6.45) is -0.383. The van der Waals surface area contributed by atoms with Crippen molar-refractivity contribution >= 4 is 19.9 Å². The Morgan fingerprint density at radius 2 is 1.77 bits per heavy atom. The van der Waals surface area contributed by atoms with Crippen LogP contribution in [-0.4, -0.2) is 56.4 Å². The van der Waals surface area contributed by atoms with Crippen LogP contribution >= 0.6 is 0 Å². The maximum atomic E-state index is 12.7. The van der Waals surface area contributed by atoms with Gasteiger partial charge in [0.05, 0.1) is 28.5 Å². The average molecular weight is 347 g/mol. The van der Waals surface area contributed by atoms with Crippen molar-refractivity contribution in [3.8, 4) is 0 Å². The lowest BCUT2D eigenvalue weighted by molar-refractivity contribution is 0.130. The molecule has 1 aliphatic heterocycles. The molecule has 0 unspecified atom stereocenters. The molecule has 2 rings (SSSR count). The van der Waals surface area contributed by atoms with Gasteiger partial charge in [-0.1, -0.05) is 26.0 Å². The van der Waals surface area contributed by atoms with E-state index in [0.29, 0.717) is 0 Å². The first-order chi connectivity index (χ1) is 10.2. The molecule has 124 valence electrons. The van der Waals surface area contributed by atoms with E-state index in [9.17, 15) is 21.9 Å². The quantitative estimate of drug-likeness (QED) is 0.833. The number of rotatable bonds is 5. The zero-order valence-corrected chi connectivity index (χ0v) is 14.3. The fourth-order valence-corrected chi connectivity index (χ4v) is 6.26. The molecule has 0 radical (unpaired) electrons. The Hall–Kier alpha value is -0.960. The molecule has 1 heterocycles. The lowest BCUT2D eigenvalue weighted by atomic mass is 10.2. The van der Waals surface area contributed by atoms with Crippen molar-refractivity contribution in [2.45, 2.75) is 37.3 Å². The molecule has 1 N–H and O–H groups in total. The van der Waals surface area contributed by atoms with E-state index in [0.717, 1.165) is 16.3 Å². The minimum Gasteiger partial charge on any atom is -0.390 e. The molecule has 1 aliphatic rings. The van der Waals surface area contributed by atoms with Gasteiger partial charge in [-0.3, -0.25) is 0 Å². The van der Waals surface area contributed by atoms with E-state index in [1.54, 1.807) is 19.1 Å². The van der Waals surface area contributed by atoms with Gasteiger partial charge in [-0.05, 0) is 24.1 Å². The molecule has 1 aromatic carbocycles. The largest absolute Gasteiger partial charge is 0.390 e. The topological polar surface area (TPSA) is 91.8 Å². The summed E-state index contributed by atoms with van der Waals surface area (Å²) in [5, 5.41) is 9.93. The first-order valence-electron chi connectivity index (χ1n) is 7.20. The molecule has 1 saturated heterocycles. The molecule has 0 spiro atoms. The van der Waals surface area contributed by atoms with Crippen molar-refractivity contribution in [1.82, 2.24) is 4.31 Å². The summed E-state index contributed by atoms with van der Waals surface area (Å²) in [7, 11) is -7.24. The third-order valence-corrected chi connectivity index (χ3v) is 7.63. The van der Waals surface area contributed by atoms with Gasteiger partial charge < -0.3 is 5.11 Å². The Morgan fingerprint density at radius 3 is 2.18 bits per heavy atom. The minimum absolute atomic E-state index is 0.106. The second kappa shape index (κ2) is 6.27. The van der Waals surface area contributed by atoms with Crippen LogP contribution in [0.25, 0.3) is 0 Å². The molecule has 0 aromatic heterocycles. The highest BCUT2D eigenvalue weighted by Gasteiger charge is 2.44. The number of aliphatic hydroxyl groups excluding tert-OH is 1. The molecule has 6 nitrogen and oxygen atoms in total. The van der Waals surface area contributed by atoms with Gasteiger partial charge in [-0.15, -0.1) is 0 Å². The fourth-order valence-electron chi connectivity index (χ4n) is 2.70. The predicted molar refractivity (Wildman–Crippen MR) is 83.8 cm³/mol. The van der Waals surface area contributed by atoms with Crippen LogP contribution in [-0.2, 0) is 26.3 Å². The summed E-state index contributed by atoms with van der Waals surface area (Å²) in [6, 6.07) is 5.59. The van der Waals surface area contributed by atoms with Crippen LogP contribution in [0.1, 0.15) is 19.4 Å². The van der Waals surface area contributed by atoms with Gasteiger partial charge in [0, 0.05) is 6.54 Å². The summed E-state index contributed by atoms with van der Waals surface area (Å²) in [5.41, 5.74) is 1.02. The van der Waals surface area contributed by atoms with E-state index in [2.05, 4.69) is 0 Å². The van der Waals surface area contributed by atoms with E-state index in [4.69, 9.17) is 0 Å². The molecular weight excluding hydrogens is 326 g/mol. The van der Waals surface area contributed by atoms with Gasteiger partial charge >= 0.3 is 0 Å². The van der Waals surface area contributed by atoms with Crippen molar-refractivity contribution in [2.24, 2.45) is 0 Å². The number of likely N-dealkylation sites (N-methyl/N-ethyl adjacent to an activating group) is 1. The van der Waals surface area contributed by atoms with Crippen LogP contribution in [0, 0.1) is 0 Å². The van der Waals surface area contributed by atoms with E-state index in [1.165, 1.54) is 12.1 Å². The van der Waals surface area contributed by atoms with Gasteiger partial charge in [-0.25, -0.2) is 16.8 Å². The van der Waals surface area contributed by atoms with Crippen LogP contribution in [0.15, 0.2) is 29.2 Å². The smallest absolute Gasteiger partial charge is 0.243 e. The summed E-state index contributed by atoms with van der Waals surface area (Å²) in [5.74, 6) is -0.729. The molecule has 22 heavy (non-hydrogen) atoms. The molecule has 0 aliphatic carbocycles. The normalized spacial score (nSPS) is 24.7. The lowest BCUT2D eigenvalue weighted by Gasteiger charge is -2.28. The monoisotopic (exact) mass is 347 g/mol. The van der Waals surface area contributed by atoms with E-state index < -0.39 is 37.8 Å². The molecule has 1 aromatic rings. The minimum atomic E-state index is -3.83. The van der Waals surface area contributed by atoms with Crippen LogP contribution in [0.5, 0.6) is 0 Å².